The van der Waals surface area contributed by atoms with Crippen LogP contribution in [0.25, 0.3) is 0 Å². The lowest BCUT2D eigenvalue weighted by Crippen LogP contribution is -2.45. The van der Waals surface area contributed by atoms with Crippen LogP contribution in [-0.2, 0) is 9.59 Å². The smallest absolute Gasteiger partial charge is 0.319 e. The monoisotopic (exact) mass is 386 g/mol. The van der Waals surface area contributed by atoms with Crippen LogP contribution in [0.4, 0.5) is 16.2 Å². The van der Waals surface area contributed by atoms with E-state index in [0.717, 1.165) is 0 Å². The van der Waals surface area contributed by atoms with Crippen molar-refractivity contribution < 1.29 is 14.4 Å². The maximum atomic E-state index is 12.5. The van der Waals surface area contributed by atoms with Crippen LogP contribution < -0.4 is 16.0 Å². The number of anilines is 2. The first-order valence-electron chi connectivity index (χ1n) is 9.57. The van der Waals surface area contributed by atoms with Crippen LogP contribution in [0.1, 0.15) is 33.6 Å². The van der Waals surface area contributed by atoms with Gasteiger partial charge in [-0.25, -0.2) is 4.79 Å². The number of carbonyl (C=O) groups is 3. The van der Waals surface area contributed by atoms with E-state index < -0.39 is 5.41 Å². The van der Waals surface area contributed by atoms with Crippen molar-refractivity contribution in [2.24, 2.45) is 11.3 Å². The lowest BCUT2D eigenvalue weighted by Gasteiger charge is -2.35. The first kappa shape index (κ1) is 21.5. The van der Waals surface area contributed by atoms with Gasteiger partial charge in [-0.2, -0.15) is 0 Å². The molecule has 1 aromatic rings. The van der Waals surface area contributed by atoms with Crippen molar-refractivity contribution in [3.05, 3.63) is 36.9 Å². The summed E-state index contributed by atoms with van der Waals surface area (Å²) in [5.41, 5.74) is 0.914. The Hall–Kier alpha value is -2.83. The Bertz CT molecular complexity index is 714. The van der Waals surface area contributed by atoms with Crippen LogP contribution in [0.2, 0.25) is 0 Å². The van der Waals surface area contributed by atoms with E-state index in [9.17, 15) is 14.4 Å². The number of hydrogen-bond donors (Lipinski definition) is 3. The van der Waals surface area contributed by atoms with Crippen LogP contribution in [-0.4, -0.2) is 42.4 Å². The zero-order valence-electron chi connectivity index (χ0n) is 16.9. The van der Waals surface area contributed by atoms with Crippen LogP contribution >= 0.6 is 0 Å². The second kappa shape index (κ2) is 9.39. The van der Waals surface area contributed by atoms with Gasteiger partial charge in [0.25, 0.3) is 0 Å². The second-order valence-corrected chi connectivity index (χ2v) is 8.01. The molecule has 0 radical (unpaired) electrons. The summed E-state index contributed by atoms with van der Waals surface area (Å²) in [7, 11) is 0. The van der Waals surface area contributed by atoms with E-state index in [0.29, 0.717) is 43.9 Å². The topological polar surface area (TPSA) is 90.5 Å². The van der Waals surface area contributed by atoms with Gasteiger partial charge in [-0.1, -0.05) is 26.8 Å². The molecule has 7 nitrogen and oxygen atoms in total. The molecular formula is C21H30N4O3. The average molecular weight is 386 g/mol. The Morgan fingerprint density at radius 2 is 1.61 bits per heavy atom. The van der Waals surface area contributed by atoms with E-state index in [-0.39, 0.29) is 23.8 Å². The van der Waals surface area contributed by atoms with E-state index in [1.165, 1.54) is 0 Å². The highest BCUT2D eigenvalue weighted by Crippen LogP contribution is 2.24. The Morgan fingerprint density at radius 1 is 1.07 bits per heavy atom. The second-order valence-electron chi connectivity index (χ2n) is 8.01. The summed E-state index contributed by atoms with van der Waals surface area (Å²) in [5, 5.41) is 8.24. The normalized spacial score (nSPS) is 14.9. The van der Waals surface area contributed by atoms with Crippen LogP contribution in [0.15, 0.2) is 36.9 Å². The fourth-order valence-corrected chi connectivity index (χ4v) is 3.04. The molecule has 7 heteroatoms. The predicted octanol–water partition coefficient (Wildman–Crippen LogP) is 3.22. The summed E-state index contributed by atoms with van der Waals surface area (Å²) >= 11 is 0. The van der Waals surface area contributed by atoms with Gasteiger partial charge >= 0.3 is 6.03 Å². The molecule has 0 saturated carbocycles. The van der Waals surface area contributed by atoms with Crippen LogP contribution in [0.3, 0.4) is 0 Å². The molecule has 28 heavy (non-hydrogen) atoms. The molecule has 0 aromatic heterocycles. The van der Waals surface area contributed by atoms with E-state index in [1.807, 2.05) is 25.7 Å². The molecule has 0 spiro atoms. The Labute approximate surface area is 166 Å². The number of carbonyl (C=O) groups excluding carboxylic acids is 3. The first-order chi connectivity index (χ1) is 13.2. The molecule has 1 saturated heterocycles. The molecule has 1 heterocycles. The predicted molar refractivity (Wildman–Crippen MR) is 111 cm³/mol. The standard InChI is InChI=1S/C21H30N4O3/c1-5-12-22-20(28)24-17-8-6-16(7-9-17)23-18(26)15-10-13-25(14-11-15)19(27)21(2,3)4/h5-9,15H,1,10-14H2,2-4H3,(H,23,26)(H2,22,24,28). The van der Waals surface area contributed by atoms with Gasteiger partial charge in [0.05, 0.1) is 0 Å². The van der Waals surface area contributed by atoms with Crippen LogP contribution in [0.5, 0.6) is 0 Å². The average Bonchev–Trinajstić information content (AvgIpc) is 2.66. The van der Waals surface area contributed by atoms with E-state index in [2.05, 4.69) is 22.5 Å². The number of piperidine rings is 1. The van der Waals surface area contributed by atoms with Crippen molar-refractivity contribution in [3.63, 3.8) is 0 Å². The van der Waals surface area contributed by atoms with Gasteiger partial charge in [0.15, 0.2) is 0 Å². The summed E-state index contributed by atoms with van der Waals surface area (Å²) in [6.07, 6.45) is 2.93. The molecule has 2 rings (SSSR count). The van der Waals surface area contributed by atoms with Crippen molar-refractivity contribution in [3.8, 4) is 0 Å². The first-order valence-corrected chi connectivity index (χ1v) is 9.57. The number of amides is 4. The third-order valence-corrected chi connectivity index (χ3v) is 4.61. The zero-order chi connectivity index (χ0) is 20.7. The van der Waals surface area contributed by atoms with E-state index >= 15 is 0 Å². The van der Waals surface area contributed by atoms with Crippen molar-refractivity contribution in [2.45, 2.75) is 33.6 Å². The maximum absolute atomic E-state index is 12.5. The summed E-state index contributed by atoms with van der Waals surface area (Å²) < 4.78 is 0. The number of rotatable bonds is 5. The quantitative estimate of drug-likeness (QED) is 0.679. The Kier molecular flexibility index (Phi) is 7.20. The number of nitrogens with zero attached hydrogens (tertiary/aromatic N) is 1. The van der Waals surface area contributed by atoms with Crippen molar-refractivity contribution in [2.75, 3.05) is 30.3 Å². The summed E-state index contributed by atoms with van der Waals surface area (Å²) in [6, 6.07) is 6.65. The Morgan fingerprint density at radius 3 is 2.11 bits per heavy atom. The van der Waals surface area contributed by atoms with Gasteiger partial charge in [0, 0.05) is 42.3 Å². The summed E-state index contributed by atoms with van der Waals surface area (Å²) in [5.74, 6) is -0.00892. The van der Waals surface area contributed by atoms with Gasteiger partial charge in [0.2, 0.25) is 11.8 Å². The molecule has 0 unspecified atom stereocenters. The molecule has 0 bridgehead atoms. The van der Waals surface area contributed by atoms with Crippen molar-refractivity contribution in [1.29, 1.82) is 0 Å². The van der Waals surface area contributed by atoms with Gasteiger partial charge in [-0.3, -0.25) is 9.59 Å². The highest BCUT2D eigenvalue weighted by atomic mass is 16.2. The van der Waals surface area contributed by atoms with Gasteiger partial charge in [-0.05, 0) is 37.1 Å². The summed E-state index contributed by atoms with van der Waals surface area (Å²) in [4.78, 5) is 38.3. The highest BCUT2D eigenvalue weighted by Gasteiger charge is 2.32. The molecule has 0 aliphatic carbocycles. The van der Waals surface area contributed by atoms with E-state index in [4.69, 9.17) is 0 Å². The zero-order valence-corrected chi connectivity index (χ0v) is 16.9. The number of nitrogens with one attached hydrogen (secondary N) is 3. The molecule has 4 amide bonds. The largest absolute Gasteiger partial charge is 0.342 e. The molecule has 1 aliphatic heterocycles. The fraction of sp³-hybridized carbons (Fsp3) is 0.476. The van der Waals surface area contributed by atoms with E-state index in [1.54, 1.807) is 30.3 Å². The fourth-order valence-electron chi connectivity index (χ4n) is 3.04. The molecule has 152 valence electrons. The molecule has 1 aromatic carbocycles. The minimum absolute atomic E-state index is 0.0349. The van der Waals surface area contributed by atoms with Crippen molar-refractivity contribution >= 4 is 29.2 Å². The molecule has 1 aliphatic rings. The SMILES string of the molecule is C=CCNC(=O)Nc1ccc(NC(=O)C2CCN(C(=O)C(C)(C)C)CC2)cc1. The highest BCUT2D eigenvalue weighted by molar-refractivity contribution is 5.94. The third-order valence-electron chi connectivity index (χ3n) is 4.61. The van der Waals surface area contributed by atoms with Gasteiger partial charge < -0.3 is 20.9 Å². The number of hydrogen-bond acceptors (Lipinski definition) is 3. The lowest BCUT2D eigenvalue weighted by molar-refractivity contribution is -0.142. The van der Waals surface area contributed by atoms with Gasteiger partial charge in [0.1, 0.15) is 0 Å². The number of likely N-dealkylation sites (tertiary alicyclic amines) is 1. The lowest BCUT2D eigenvalue weighted by atomic mass is 9.90. The number of urea groups is 1. The number of benzene rings is 1. The van der Waals surface area contributed by atoms with Gasteiger partial charge in [-0.15, -0.1) is 6.58 Å². The Balaban J connectivity index is 1.83. The van der Waals surface area contributed by atoms with Crippen molar-refractivity contribution in [1.82, 2.24) is 10.2 Å². The summed E-state index contributed by atoms with van der Waals surface area (Å²) in [6.45, 7) is 10.9. The molecule has 3 N–H and O–H groups in total. The third kappa shape index (κ3) is 6.11. The minimum atomic E-state index is -0.395. The molecule has 0 atom stereocenters. The molecular weight excluding hydrogens is 356 g/mol. The maximum Gasteiger partial charge on any atom is 0.319 e. The van der Waals surface area contributed by atoms with Crippen LogP contribution in [0, 0.1) is 11.3 Å². The molecule has 1 fully saturated rings. The minimum Gasteiger partial charge on any atom is -0.342 e.